The van der Waals surface area contributed by atoms with Crippen molar-refractivity contribution in [3.8, 4) is 0 Å². The van der Waals surface area contributed by atoms with Gasteiger partial charge in [-0.25, -0.2) is 18.7 Å². The van der Waals surface area contributed by atoms with Crippen LogP contribution in [0.3, 0.4) is 0 Å². The van der Waals surface area contributed by atoms with Crippen LogP contribution < -0.4 is 5.32 Å². The second-order valence-corrected chi connectivity index (χ2v) is 3.92. The third-order valence-corrected chi connectivity index (χ3v) is 2.58. The molecule has 94 valence electrons. The van der Waals surface area contributed by atoms with Crippen LogP contribution in [0.4, 0.5) is 14.6 Å². The molecule has 0 unspecified atom stereocenters. The Kier molecular flexibility index (Phi) is 3.82. The van der Waals surface area contributed by atoms with E-state index in [0.717, 1.165) is 5.56 Å². The number of aromatic nitrogens is 2. The van der Waals surface area contributed by atoms with Crippen LogP contribution in [0.1, 0.15) is 11.3 Å². The number of halogens is 2. The molecular formula is C13H13F2N3. The molecule has 2 aromatic rings. The fraction of sp³-hybridized carbons (Fsp3) is 0.231. The minimum absolute atomic E-state index is 0.199. The number of benzene rings is 1. The summed E-state index contributed by atoms with van der Waals surface area (Å²) in [6.45, 7) is 2.11. The number of nitrogens with one attached hydrogen (secondary N) is 1. The van der Waals surface area contributed by atoms with E-state index in [9.17, 15) is 8.78 Å². The minimum atomic E-state index is -0.434. The largest absolute Gasteiger partial charge is 0.367 e. The molecule has 0 aliphatic heterocycles. The predicted octanol–water partition coefficient (Wildman–Crippen LogP) is 2.72. The van der Waals surface area contributed by atoms with E-state index < -0.39 is 5.82 Å². The third kappa shape index (κ3) is 3.00. The molecule has 1 aromatic heterocycles. The molecule has 0 saturated heterocycles. The number of rotatable bonds is 4. The lowest BCUT2D eigenvalue weighted by molar-refractivity contribution is 0.604. The summed E-state index contributed by atoms with van der Waals surface area (Å²) in [6.07, 6.45) is 1.99. The van der Waals surface area contributed by atoms with Gasteiger partial charge >= 0.3 is 0 Å². The maximum Gasteiger partial charge on any atom is 0.186 e. The summed E-state index contributed by atoms with van der Waals surface area (Å²) in [5.41, 5.74) is 1.30. The molecule has 0 saturated carbocycles. The Bertz CT molecular complexity index is 526. The highest BCUT2D eigenvalue weighted by Crippen LogP contribution is 2.11. The lowest BCUT2D eigenvalue weighted by Crippen LogP contribution is -2.09. The molecule has 1 heterocycles. The zero-order valence-corrected chi connectivity index (χ0v) is 9.95. The van der Waals surface area contributed by atoms with Crippen molar-refractivity contribution in [1.82, 2.24) is 9.97 Å². The monoisotopic (exact) mass is 249 g/mol. The van der Waals surface area contributed by atoms with Gasteiger partial charge in [0.1, 0.15) is 12.1 Å². The third-order valence-electron chi connectivity index (χ3n) is 2.58. The van der Waals surface area contributed by atoms with Gasteiger partial charge in [0.25, 0.3) is 0 Å². The molecule has 18 heavy (non-hydrogen) atoms. The van der Waals surface area contributed by atoms with E-state index in [2.05, 4.69) is 15.3 Å². The fourth-order valence-electron chi connectivity index (χ4n) is 1.56. The van der Waals surface area contributed by atoms with Crippen LogP contribution in [0.15, 0.2) is 30.6 Å². The van der Waals surface area contributed by atoms with Crippen LogP contribution in [0.25, 0.3) is 0 Å². The first kappa shape index (κ1) is 12.4. The number of hydrogen-bond acceptors (Lipinski definition) is 3. The lowest BCUT2D eigenvalue weighted by Gasteiger charge is -2.07. The molecule has 0 spiro atoms. The van der Waals surface area contributed by atoms with Crippen LogP contribution in [-0.2, 0) is 6.42 Å². The highest BCUT2D eigenvalue weighted by Gasteiger charge is 2.06. The van der Waals surface area contributed by atoms with Crippen molar-refractivity contribution in [3.05, 3.63) is 53.5 Å². The molecule has 5 heteroatoms. The van der Waals surface area contributed by atoms with Gasteiger partial charge in [-0.1, -0.05) is 12.1 Å². The first-order chi connectivity index (χ1) is 8.66. The standard InChI is InChI=1S/C13H13F2N3/c1-9-12(15)13(18-8-17-9)16-7-6-10-2-4-11(14)5-3-10/h2-5,8H,6-7H2,1H3,(H,16,17,18). The quantitative estimate of drug-likeness (QED) is 0.905. The van der Waals surface area contributed by atoms with Gasteiger partial charge in [-0.2, -0.15) is 0 Å². The van der Waals surface area contributed by atoms with Gasteiger partial charge < -0.3 is 5.32 Å². The highest BCUT2D eigenvalue weighted by molar-refractivity contribution is 5.37. The molecule has 0 radical (unpaired) electrons. The summed E-state index contributed by atoms with van der Waals surface area (Å²) >= 11 is 0. The van der Waals surface area contributed by atoms with Crippen LogP contribution in [0.5, 0.6) is 0 Å². The molecule has 1 N–H and O–H groups in total. The van der Waals surface area contributed by atoms with Crippen LogP contribution >= 0.6 is 0 Å². The number of anilines is 1. The van der Waals surface area contributed by atoms with E-state index in [1.54, 1.807) is 19.1 Å². The summed E-state index contributed by atoms with van der Waals surface area (Å²) in [4.78, 5) is 7.57. The number of hydrogen-bond donors (Lipinski definition) is 1. The summed E-state index contributed by atoms with van der Waals surface area (Å²) in [5.74, 6) is -0.495. The second-order valence-electron chi connectivity index (χ2n) is 3.92. The van der Waals surface area contributed by atoms with Gasteiger partial charge in [-0.05, 0) is 31.0 Å². The van der Waals surface area contributed by atoms with E-state index >= 15 is 0 Å². The van der Waals surface area contributed by atoms with Crippen LogP contribution in [-0.4, -0.2) is 16.5 Å². The van der Waals surface area contributed by atoms with E-state index in [1.807, 2.05) is 0 Å². The van der Waals surface area contributed by atoms with Crippen molar-refractivity contribution in [2.24, 2.45) is 0 Å². The molecule has 0 atom stereocenters. The van der Waals surface area contributed by atoms with E-state index in [0.29, 0.717) is 18.7 Å². The molecule has 0 amide bonds. The van der Waals surface area contributed by atoms with Crippen molar-refractivity contribution in [1.29, 1.82) is 0 Å². The highest BCUT2D eigenvalue weighted by atomic mass is 19.1. The SMILES string of the molecule is Cc1ncnc(NCCc2ccc(F)cc2)c1F. The average Bonchev–Trinajstić information content (AvgIpc) is 2.37. The molecule has 0 aliphatic rings. The molecule has 0 aliphatic carbocycles. The Balaban J connectivity index is 1.92. The zero-order chi connectivity index (χ0) is 13.0. The number of aryl methyl sites for hydroxylation is 1. The van der Waals surface area contributed by atoms with Gasteiger partial charge in [-0.15, -0.1) is 0 Å². The predicted molar refractivity (Wildman–Crippen MR) is 65.3 cm³/mol. The first-order valence-corrected chi connectivity index (χ1v) is 5.62. The Morgan fingerprint density at radius 2 is 1.83 bits per heavy atom. The van der Waals surface area contributed by atoms with Crippen molar-refractivity contribution >= 4 is 5.82 Å². The lowest BCUT2D eigenvalue weighted by atomic mass is 10.1. The normalized spacial score (nSPS) is 10.4. The summed E-state index contributed by atoms with van der Waals surface area (Å²) in [5, 5.41) is 2.90. The smallest absolute Gasteiger partial charge is 0.186 e. The zero-order valence-electron chi connectivity index (χ0n) is 9.95. The first-order valence-electron chi connectivity index (χ1n) is 5.62. The van der Waals surface area contributed by atoms with Gasteiger partial charge in [0.2, 0.25) is 0 Å². The number of nitrogens with zero attached hydrogens (tertiary/aromatic N) is 2. The average molecular weight is 249 g/mol. The Labute approximate surface area is 104 Å². The van der Waals surface area contributed by atoms with Crippen molar-refractivity contribution in [2.45, 2.75) is 13.3 Å². The molecule has 3 nitrogen and oxygen atoms in total. The maximum atomic E-state index is 13.5. The Hall–Kier alpha value is -2.04. The molecule has 1 aromatic carbocycles. The van der Waals surface area contributed by atoms with Crippen molar-refractivity contribution in [2.75, 3.05) is 11.9 Å². The summed E-state index contributed by atoms with van der Waals surface area (Å²) in [7, 11) is 0. The molecule has 0 fully saturated rings. The van der Waals surface area contributed by atoms with Gasteiger partial charge in [0, 0.05) is 6.54 Å². The molecular weight excluding hydrogens is 236 g/mol. The maximum absolute atomic E-state index is 13.5. The molecule has 2 rings (SSSR count). The van der Waals surface area contributed by atoms with Crippen molar-refractivity contribution < 1.29 is 8.78 Å². The van der Waals surface area contributed by atoms with E-state index in [-0.39, 0.29) is 11.6 Å². The Morgan fingerprint density at radius 3 is 2.56 bits per heavy atom. The molecule has 0 bridgehead atoms. The van der Waals surface area contributed by atoms with E-state index in [4.69, 9.17) is 0 Å². The van der Waals surface area contributed by atoms with Gasteiger partial charge in [-0.3, -0.25) is 0 Å². The van der Waals surface area contributed by atoms with Gasteiger partial charge in [0.05, 0.1) is 5.69 Å². The summed E-state index contributed by atoms with van der Waals surface area (Å²) in [6, 6.07) is 6.23. The van der Waals surface area contributed by atoms with Crippen LogP contribution in [0.2, 0.25) is 0 Å². The fourth-order valence-corrected chi connectivity index (χ4v) is 1.56. The minimum Gasteiger partial charge on any atom is -0.367 e. The van der Waals surface area contributed by atoms with E-state index in [1.165, 1.54) is 18.5 Å². The summed E-state index contributed by atoms with van der Waals surface area (Å²) < 4.78 is 26.2. The van der Waals surface area contributed by atoms with Crippen molar-refractivity contribution in [3.63, 3.8) is 0 Å². The van der Waals surface area contributed by atoms with Gasteiger partial charge in [0.15, 0.2) is 11.6 Å². The Morgan fingerprint density at radius 1 is 1.11 bits per heavy atom. The van der Waals surface area contributed by atoms with Crippen LogP contribution in [0, 0.1) is 18.6 Å². The topological polar surface area (TPSA) is 37.8 Å². The second kappa shape index (κ2) is 5.53.